The highest BCUT2D eigenvalue weighted by molar-refractivity contribution is 5.54. The van der Waals surface area contributed by atoms with Crippen LogP contribution in [0.1, 0.15) is 25.7 Å². The maximum Gasteiger partial charge on any atom is 0.0362 e. The van der Waals surface area contributed by atoms with Crippen LogP contribution in [0.15, 0.2) is 24.3 Å². The number of benzene rings is 1. The molecule has 0 saturated carbocycles. The van der Waals surface area contributed by atoms with Crippen molar-refractivity contribution in [1.82, 2.24) is 0 Å². The lowest BCUT2D eigenvalue weighted by Gasteiger charge is -2.13. The second-order valence-corrected chi connectivity index (χ2v) is 4.57. The van der Waals surface area contributed by atoms with E-state index in [2.05, 4.69) is 48.6 Å². The Bertz CT molecular complexity index is 293. The van der Waals surface area contributed by atoms with Crippen molar-refractivity contribution in [1.29, 1.82) is 0 Å². The molecule has 3 N–H and O–H groups in total. The summed E-state index contributed by atoms with van der Waals surface area (Å²) >= 11 is 0. The molecule has 0 aromatic heterocycles. The molecule has 0 aliphatic heterocycles. The summed E-state index contributed by atoms with van der Waals surface area (Å²) in [6.45, 7) is 1.87. The summed E-state index contributed by atoms with van der Waals surface area (Å²) in [4.78, 5) is 2.11. The summed E-state index contributed by atoms with van der Waals surface area (Å²) < 4.78 is 0. The van der Waals surface area contributed by atoms with Gasteiger partial charge in [0, 0.05) is 32.0 Å². The van der Waals surface area contributed by atoms with E-state index in [4.69, 9.17) is 5.73 Å². The van der Waals surface area contributed by atoms with E-state index < -0.39 is 0 Å². The van der Waals surface area contributed by atoms with Crippen molar-refractivity contribution in [3.8, 4) is 0 Å². The van der Waals surface area contributed by atoms with Gasteiger partial charge in [0.2, 0.25) is 0 Å². The number of nitrogens with two attached hydrogens (primary N) is 1. The standard InChI is InChI=1S/C14H25N3/c1-17(2)14-9-7-13(8-10-14)16-12-6-4-3-5-11-15/h7-10,16H,3-6,11-12,15H2,1-2H3. The highest BCUT2D eigenvalue weighted by Crippen LogP contribution is 2.15. The van der Waals surface area contributed by atoms with Crippen molar-refractivity contribution in [2.75, 3.05) is 37.4 Å². The second-order valence-electron chi connectivity index (χ2n) is 4.57. The Hall–Kier alpha value is -1.22. The van der Waals surface area contributed by atoms with Crippen LogP contribution in [-0.2, 0) is 0 Å². The maximum absolute atomic E-state index is 5.45. The molecule has 3 nitrogen and oxygen atoms in total. The predicted octanol–water partition coefficient (Wildman–Crippen LogP) is 2.68. The monoisotopic (exact) mass is 235 g/mol. The Balaban J connectivity index is 2.19. The fourth-order valence-electron chi connectivity index (χ4n) is 1.73. The molecule has 1 aromatic carbocycles. The maximum atomic E-state index is 5.45. The number of hydrogen-bond donors (Lipinski definition) is 2. The van der Waals surface area contributed by atoms with Gasteiger partial charge in [0.15, 0.2) is 0 Å². The van der Waals surface area contributed by atoms with Crippen LogP contribution in [0.3, 0.4) is 0 Å². The van der Waals surface area contributed by atoms with Crippen molar-refractivity contribution < 1.29 is 0 Å². The molecular formula is C14H25N3. The zero-order valence-electron chi connectivity index (χ0n) is 11.1. The van der Waals surface area contributed by atoms with Crippen molar-refractivity contribution in [3.05, 3.63) is 24.3 Å². The van der Waals surface area contributed by atoms with Crippen molar-refractivity contribution in [2.45, 2.75) is 25.7 Å². The quantitative estimate of drug-likeness (QED) is 0.681. The summed E-state index contributed by atoms with van der Waals surface area (Å²) in [7, 11) is 4.11. The number of hydrogen-bond acceptors (Lipinski definition) is 3. The van der Waals surface area contributed by atoms with Gasteiger partial charge in [-0.1, -0.05) is 12.8 Å². The van der Waals surface area contributed by atoms with Crippen LogP contribution in [0.2, 0.25) is 0 Å². The Morgan fingerprint density at radius 3 is 2.24 bits per heavy atom. The summed E-state index contributed by atoms with van der Waals surface area (Å²) in [5, 5.41) is 3.44. The van der Waals surface area contributed by atoms with Crippen LogP contribution in [0, 0.1) is 0 Å². The number of unbranched alkanes of at least 4 members (excludes halogenated alkanes) is 3. The zero-order valence-corrected chi connectivity index (χ0v) is 11.1. The van der Waals surface area contributed by atoms with Gasteiger partial charge in [0.25, 0.3) is 0 Å². The first-order valence-corrected chi connectivity index (χ1v) is 6.45. The van der Waals surface area contributed by atoms with Gasteiger partial charge in [-0.25, -0.2) is 0 Å². The summed E-state index contributed by atoms with van der Waals surface area (Å²) in [6, 6.07) is 8.54. The first-order valence-electron chi connectivity index (χ1n) is 6.45. The lowest BCUT2D eigenvalue weighted by atomic mass is 10.2. The first-order chi connectivity index (χ1) is 8.24. The molecule has 0 amide bonds. The summed E-state index contributed by atoms with van der Waals surface area (Å²) in [5.74, 6) is 0. The fraction of sp³-hybridized carbons (Fsp3) is 0.571. The lowest BCUT2D eigenvalue weighted by molar-refractivity contribution is 0.661. The molecule has 0 heterocycles. The molecule has 96 valence electrons. The number of nitrogens with zero attached hydrogens (tertiary/aromatic N) is 1. The van der Waals surface area contributed by atoms with E-state index in [0.29, 0.717) is 0 Å². The largest absolute Gasteiger partial charge is 0.385 e. The van der Waals surface area contributed by atoms with E-state index in [0.717, 1.165) is 19.5 Å². The van der Waals surface area contributed by atoms with Gasteiger partial charge in [-0.15, -0.1) is 0 Å². The second kappa shape index (κ2) is 7.96. The van der Waals surface area contributed by atoms with Crippen LogP contribution in [0.25, 0.3) is 0 Å². The third kappa shape index (κ3) is 5.59. The third-order valence-electron chi connectivity index (χ3n) is 2.84. The van der Waals surface area contributed by atoms with E-state index in [1.807, 2.05) is 0 Å². The molecule has 1 rings (SSSR count). The Labute approximate surface area is 105 Å². The Morgan fingerprint density at radius 2 is 1.65 bits per heavy atom. The number of rotatable bonds is 8. The van der Waals surface area contributed by atoms with Gasteiger partial charge in [-0.05, 0) is 43.7 Å². The van der Waals surface area contributed by atoms with Crippen LogP contribution in [0.5, 0.6) is 0 Å². The van der Waals surface area contributed by atoms with Crippen LogP contribution >= 0.6 is 0 Å². The smallest absolute Gasteiger partial charge is 0.0362 e. The molecule has 1 aromatic rings. The van der Waals surface area contributed by atoms with Crippen LogP contribution in [0.4, 0.5) is 11.4 Å². The van der Waals surface area contributed by atoms with Crippen molar-refractivity contribution in [2.24, 2.45) is 5.73 Å². The minimum atomic E-state index is 0.819. The fourth-order valence-corrected chi connectivity index (χ4v) is 1.73. The molecule has 0 aliphatic carbocycles. The highest BCUT2D eigenvalue weighted by Gasteiger charge is 1.95. The zero-order chi connectivity index (χ0) is 12.5. The minimum absolute atomic E-state index is 0.819. The molecule has 0 spiro atoms. The molecule has 0 saturated heterocycles. The van der Waals surface area contributed by atoms with E-state index >= 15 is 0 Å². The number of anilines is 2. The SMILES string of the molecule is CN(C)c1ccc(NCCCCCCN)cc1. The minimum Gasteiger partial charge on any atom is -0.385 e. The van der Waals surface area contributed by atoms with Crippen LogP contribution < -0.4 is 16.0 Å². The van der Waals surface area contributed by atoms with Gasteiger partial charge in [-0.2, -0.15) is 0 Å². The van der Waals surface area contributed by atoms with Gasteiger partial charge in [0.05, 0.1) is 0 Å². The van der Waals surface area contributed by atoms with Gasteiger partial charge in [-0.3, -0.25) is 0 Å². The molecule has 0 fully saturated rings. The Kier molecular flexibility index (Phi) is 6.48. The number of nitrogens with one attached hydrogen (secondary N) is 1. The average molecular weight is 235 g/mol. The van der Waals surface area contributed by atoms with Gasteiger partial charge in [0.1, 0.15) is 0 Å². The molecule has 0 bridgehead atoms. The van der Waals surface area contributed by atoms with Crippen molar-refractivity contribution >= 4 is 11.4 Å². The van der Waals surface area contributed by atoms with E-state index in [1.54, 1.807) is 0 Å². The molecule has 0 unspecified atom stereocenters. The lowest BCUT2D eigenvalue weighted by Crippen LogP contribution is -2.08. The van der Waals surface area contributed by atoms with Crippen molar-refractivity contribution in [3.63, 3.8) is 0 Å². The first kappa shape index (κ1) is 13.8. The van der Waals surface area contributed by atoms with E-state index in [1.165, 1.54) is 30.6 Å². The van der Waals surface area contributed by atoms with E-state index in [9.17, 15) is 0 Å². The van der Waals surface area contributed by atoms with E-state index in [-0.39, 0.29) is 0 Å². The van der Waals surface area contributed by atoms with Gasteiger partial charge < -0.3 is 16.0 Å². The van der Waals surface area contributed by atoms with Crippen LogP contribution in [-0.4, -0.2) is 27.2 Å². The third-order valence-corrected chi connectivity index (χ3v) is 2.84. The molecular weight excluding hydrogens is 210 g/mol. The highest BCUT2D eigenvalue weighted by atomic mass is 15.1. The molecule has 3 heteroatoms. The average Bonchev–Trinajstić information content (AvgIpc) is 2.34. The molecule has 17 heavy (non-hydrogen) atoms. The topological polar surface area (TPSA) is 41.3 Å². The molecule has 0 radical (unpaired) electrons. The summed E-state index contributed by atoms with van der Waals surface area (Å²) in [5.41, 5.74) is 7.89. The molecule has 0 atom stereocenters. The molecule has 0 aliphatic rings. The normalized spacial score (nSPS) is 10.3. The summed E-state index contributed by atoms with van der Waals surface area (Å²) in [6.07, 6.45) is 4.88. The van der Waals surface area contributed by atoms with Gasteiger partial charge >= 0.3 is 0 Å². The predicted molar refractivity (Wildman–Crippen MR) is 76.8 cm³/mol. The Morgan fingerprint density at radius 1 is 1.00 bits per heavy atom.